The summed E-state index contributed by atoms with van der Waals surface area (Å²) in [6.07, 6.45) is 2.83. The number of ether oxygens (including phenoxy) is 1. The van der Waals surface area contributed by atoms with E-state index in [1.165, 1.54) is 0 Å². The predicted molar refractivity (Wildman–Crippen MR) is 104 cm³/mol. The molecule has 26 heavy (non-hydrogen) atoms. The van der Waals surface area contributed by atoms with E-state index in [2.05, 4.69) is 26.3 Å². The molecule has 3 heterocycles. The third-order valence-corrected chi connectivity index (χ3v) is 5.39. The average Bonchev–Trinajstić information content (AvgIpc) is 3.11. The van der Waals surface area contributed by atoms with Gasteiger partial charge in [-0.3, -0.25) is 4.79 Å². The summed E-state index contributed by atoms with van der Waals surface area (Å²) in [7, 11) is 0. The summed E-state index contributed by atoms with van der Waals surface area (Å²) in [5.41, 5.74) is 2.05. The van der Waals surface area contributed by atoms with Gasteiger partial charge in [0.05, 0.1) is 40.3 Å². The molecule has 7 heteroatoms. The van der Waals surface area contributed by atoms with Gasteiger partial charge in [-0.2, -0.15) is 0 Å². The first-order valence-electron chi connectivity index (χ1n) is 8.71. The molecule has 0 spiro atoms. The SMILES string of the molecule is O=C(CCc1nc2ccccc2s1)Nc1ccc(N2CCOCC2)cn1. The molecular formula is C19H20N4O2S. The minimum absolute atomic E-state index is 0.0455. The van der Waals surface area contributed by atoms with Crippen LogP contribution in [-0.4, -0.2) is 42.2 Å². The maximum atomic E-state index is 12.2. The molecule has 2 aromatic heterocycles. The minimum atomic E-state index is -0.0455. The zero-order valence-corrected chi connectivity index (χ0v) is 15.2. The lowest BCUT2D eigenvalue weighted by atomic mass is 10.3. The highest BCUT2D eigenvalue weighted by atomic mass is 32.1. The van der Waals surface area contributed by atoms with Crippen molar-refractivity contribution >= 4 is 39.0 Å². The van der Waals surface area contributed by atoms with E-state index in [9.17, 15) is 4.79 Å². The maximum Gasteiger partial charge on any atom is 0.225 e. The third-order valence-electron chi connectivity index (χ3n) is 4.30. The Labute approximate surface area is 155 Å². The van der Waals surface area contributed by atoms with Crippen LogP contribution in [0.25, 0.3) is 10.2 Å². The quantitative estimate of drug-likeness (QED) is 0.750. The molecule has 0 aliphatic carbocycles. The second kappa shape index (κ2) is 7.80. The van der Waals surface area contributed by atoms with Crippen LogP contribution >= 0.6 is 11.3 Å². The van der Waals surface area contributed by atoms with Crippen LogP contribution in [0.3, 0.4) is 0 Å². The number of benzene rings is 1. The number of hydrogen-bond acceptors (Lipinski definition) is 6. The summed E-state index contributed by atoms with van der Waals surface area (Å²) in [6, 6.07) is 11.9. The molecule has 1 saturated heterocycles. The number of aryl methyl sites for hydroxylation is 1. The Kier molecular flexibility index (Phi) is 5.08. The Morgan fingerprint density at radius 3 is 2.81 bits per heavy atom. The van der Waals surface area contributed by atoms with Gasteiger partial charge in [0.2, 0.25) is 5.91 Å². The number of para-hydroxylation sites is 1. The lowest BCUT2D eigenvalue weighted by Crippen LogP contribution is -2.36. The number of fused-ring (bicyclic) bond motifs is 1. The van der Waals surface area contributed by atoms with Crippen LogP contribution < -0.4 is 10.2 Å². The summed E-state index contributed by atoms with van der Waals surface area (Å²) in [4.78, 5) is 23.3. The zero-order valence-electron chi connectivity index (χ0n) is 14.4. The largest absolute Gasteiger partial charge is 0.378 e. The molecule has 1 aliphatic heterocycles. The number of carbonyl (C=O) groups excluding carboxylic acids is 1. The van der Waals surface area contributed by atoms with Crippen molar-refractivity contribution in [3.05, 3.63) is 47.6 Å². The van der Waals surface area contributed by atoms with Gasteiger partial charge in [0.15, 0.2) is 0 Å². The van der Waals surface area contributed by atoms with E-state index in [0.717, 1.165) is 47.2 Å². The van der Waals surface area contributed by atoms with Gasteiger partial charge in [-0.15, -0.1) is 11.3 Å². The molecule has 4 rings (SSSR count). The standard InChI is InChI=1S/C19H20N4O2S/c24-18(7-8-19-21-15-3-1-2-4-16(15)26-19)22-17-6-5-14(13-20-17)23-9-11-25-12-10-23/h1-6,13H,7-12H2,(H,20,22,24). The molecule has 3 aromatic rings. The smallest absolute Gasteiger partial charge is 0.225 e. The van der Waals surface area contributed by atoms with Crippen molar-refractivity contribution in [2.75, 3.05) is 36.5 Å². The first kappa shape index (κ1) is 16.9. The van der Waals surface area contributed by atoms with E-state index in [4.69, 9.17) is 4.74 Å². The number of morpholine rings is 1. The number of thiazole rings is 1. The molecule has 1 amide bonds. The number of hydrogen-bond donors (Lipinski definition) is 1. The molecule has 1 aromatic carbocycles. The van der Waals surface area contributed by atoms with Crippen molar-refractivity contribution < 1.29 is 9.53 Å². The lowest BCUT2D eigenvalue weighted by Gasteiger charge is -2.28. The lowest BCUT2D eigenvalue weighted by molar-refractivity contribution is -0.116. The van der Waals surface area contributed by atoms with Crippen LogP contribution in [0.5, 0.6) is 0 Å². The fourth-order valence-corrected chi connectivity index (χ4v) is 3.89. The number of pyridine rings is 1. The highest BCUT2D eigenvalue weighted by molar-refractivity contribution is 7.18. The van der Waals surface area contributed by atoms with Crippen LogP contribution in [0.2, 0.25) is 0 Å². The van der Waals surface area contributed by atoms with E-state index in [0.29, 0.717) is 18.7 Å². The van der Waals surface area contributed by atoms with E-state index >= 15 is 0 Å². The normalized spacial score (nSPS) is 14.5. The van der Waals surface area contributed by atoms with Gasteiger partial charge < -0.3 is 15.0 Å². The molecule has 6 nitrogen and oxygen atoms in total. The summed E-state index contributed by atoms with van der Waals surface area (Å²) in [5, 5.41) is 3.84. The number of carbonyl (C=O) groups is 1. The van der Waals surface area contributed by atoms with Crippen LogP contribution in [0, 0.1) is 0 Å². The fourth-order valence-electron chi connectivity index (χ4n) is 2.92. The van der Waals surface area contributed by atoms with Crippen LogP contribution in [-0.2, 0) is 16.0 Å². The molecule has 0 radical (unpaired) electrons. The van der Waals surface area contributed by atoms with Crippen molar-refractivity contribution in [3.8, 4) is 0 Å². The van der Waals surface area contributed by atoms with E-state index in [-0.39, 0.29) is 5.91 Å². The Morgan fingerprint density at radius 2 is 2.04 bits per heavy atom. The number of anilines is 2. The summed E-state index contributed by atoms with van der Waals surface area (Å²) >= 11 is 1.64. The van der Waals surface area contributed by atoms with Crippen molar-refractivity contribution in [2.45, 2.75) is 12.8 Å². The summed E-state index contributed by atoms with van der Waals surface area (Å²) in [6.45, 7) is 3.22. The third kappa shape index (κ3) is 4.00. The Balaban J connectivity index is 1.31. The highest BCUT2D eigenvalue weighted by Crippen LogP contribution is 2.22. The molecule has 134 valence electrons. The molecule has 0 bridgehead atoms. The fraction of sp³-hybridized carbons (Fsp3) is 0.316. The van der Waals surface area contributed by atoms with Crippen LogP contribution in [0.15, 0.2) is 42.6 Å². The monoisotopic (exact) mass is 368 g/mol. The van der Waals surface area contributed by atoms with Gasteiger partial charge >= 0.3 is 0 Å². The molecular weight excluding hydrogens is 348 g/mol. The molecule has 1 N–H and O–H groups in total. The van der Waals surface area contributed by atoms with Crippen molar-refractivity contribution in [1.29, 1.82) is 0 Å². The van der Waals surface area contributed by atoms with Gasteiger partial charge in [-0.05, 0) is 24.3 Å². The van der Waals surface area contributed by atoms with Crippen molar-refractivity contribution in [1.82, 2.24) is 9.97 Å². The molecule has 0 saturated carbocycles. The first-order valence-corrected chi connectivity index (χ1v) is 9.53. The highest BCUT2D eigenvalue weighted by Gasteiger charge is 2.12. The van der Waals surface area contributed by atoms with E-state index in [1.807, 2.05) is 30.3 Å². The van der Waals surface area contributed by atoms with Crippen molar-refractivity contribution in [3.63, 3.8) is 0 Å². The predicted octanol–water partition coefficient (Wildman–Crippen LogP) is 3.10. The van der Waals surface area contributed by atoms with Gasteiger partial charge in [0.25, 0.3) is 0 Å². The second-order valence-electron chi connectivity index (χ2n) is 6.12. The van der Waals surface area contributed by atoms with Crippen LogP contribution in [0.1, 0.15) is 11.4 Å². The topological polar surface area (TPSA) is 67.4 Å². The number of nitrogens with zero attached hydrogens (tertiary/aromatic N) is 3. The Hall–Kier alpha value is -2.51. The minimum Gasteiger partial charge on any atom is -0.378 e. The molecule has 1 aliphatic rings. The number of amides is 1. The van der Waals surface area contributed by atoms with E-state index < -0.39 is 0 Å². The second-order valence-corrected chi connectivity index (χ2v) is 7.24. The maximum absolute atomic E-state index is 12.2. The Bertz CT molecular complexity index is 855. The van der Waals surface area contributed by atoms with Gasteiger partial charge in [-0.25, -0.2) is 9.97 Å². The molecule has 1 fully saturated rings. The summed E-state index contributed by atoms with van der Waals surface area (Å²) < 4.78 is 6.51. The molecule has 0 atom stereocenters. The van der Waals surface area contributed by atoms with E-state index in [1.54, 1.807) is 17.5 Å². The van der Waals surface area contributed by atoms with Crippen LogP contribution in [0.4, 0.5) is 11.5 Å². The number of rotatable bonds is 5. The van der Waals surface area contributed by atoms with Gasteiger partial charge in [-0.1, -0.05) is 12.1 Å². The average molecular weight is 368 g/mol. The van der Waals surface area contributed by atoms with Crippen molar-refractivity contribution in [2.24, 2.45) is 0 Å². The Morgan fingerprint density at radius 1 is 1.19 bits per heavy atom. The van der Waals surface area contributed by atoms with Gasteiger partial charge in [0.1, 0.15) is 5.82 Å². The molecule has 0 unspecified atom stereocenters. The first-order chi connectivity index (χ1) is 12.8. The zero-order chi connectivity index (χ0) is 17.8. The summed E-state index contributed by atoms with van der Waals surface area (Å²) in [5.74, 6) is 0.534. The number of nitrogens with one attached hydrogen (secondary N) is 1. The van der Waals surface area contributed by atoms with Gasteiger partial charge in [0, 0.05) is 25.9 Å². The number of aromatic nitrogens is 2.